The average Bonchev–Trinajstić information content (AvgIpc) is 2.53. The van der Waals surface area contributed by atoms with Crippen LogP contribution in [0.5, 0.6) is 0 Å². The van der Waals surface area contributed by atoms with Gasteiger partial charge >= 0.3 is 12.0 Å². The van der Waals surface area contributed by atoms with Gasteiger partial charge in [-0.25, -0.2) is 4.79 Å². The molecule has 0 radical (unpaired) electrons. The van der Waals surface area contributed by atoms with E-state index in [1.165, 1.54) is 4.90 Å². The average molecular weight is 321 g/mol. The maximum absolute atomic E-state index is 11.9. The number of hydrogen-bond donors (Lipinski definition) is 1. The monoisotopic (exact) mass is 320 g/mol. The number of primary amides is 1. The summed E-state index contributed by atoms with van der Waals surface area (Å²) in [5.41, 5.74) is 6.03. The van der Waals surface area contributed by atoms with E-state index in [9.17, 15) is 9.59 Å². The van der Waals surface area contributed by atoms with Gasteiger partial charge in [0, 0.05) is 23.7 Å². The van der Waals surface area contributed by atoms with E-state index >= 15 is 0 Å². The van der Waals surface area contributed by atoms with E-state index in [0.717, 1.165) is 12.0 Å². The summed E-state index contributed by atoms with van der Waals surface area (Å²) in [4.78, 5) is 24.5. The van der Waals surface area contributed by atoms with E-state index < -0.39 is 6.03 Å². The van der Waals surface area contributed by atoms with Crippen LogP contribution in [0.4, 0.5) is 4.79 Å². The maximum Gasteiger partial charge on any atom is 0.314 e. The molecule has 0 spiro atoms. The molecule has 1 saturated heterocycles. The lowest BCUT2D eigenvalue weighted by atomic mass is 9.98. The van der Waals surface area contributed by atoms with Crippen LogP contribution >= 0.6 is 11.6 Å². The molecule has 1 fully saturated rings. The molecule has 1 unspecified atom stereocenters. The fourth-order valence-electron chi connectivity index (χ4n) is 2.27. The molecule has 2 rings (SSSR count). The van der Waals surface area contributed by atoms with Crippen LogP contribution in [-0.2, 0) is 9.53 Å². The molecule has 1 heterocycles. The van der Waals surface area contributed by atoms with Crippen molar-refractivity contribution < 1.29 is 14.3 Å². The van der Waals surface area contributed by atoms with Gasteiger partial charge in [-0.1, -0.05) is 23.4 Å². The molecule has 1 aliphatic heterocycles. The lowest BCUT2D eigenvalue weighted by Crippen LogP contribution is -2.45. The van der Waals surface area contributed by atoms with E-state index in [1.807, 2.05) is 0 Å². The number of nitrogens with two attached hydrogens (primary N) is 1. The van der Waals surface area contributed by atoms with E-state index in [1.54, 1.807) is 24.3 Å². The highest BCUT2D eigenvalue weighted by Crippen LogP contribution is 2.17. The van der Waals surface area contributed by atoms with E-state index in [-0.39, 0.29) is 18.5 Å². The van der Waals surface area contributed by atoms with E-state index in [2.05, 4.69) is 11.8 Å². The van der Waals surface area contributed by atoms with Crippen LogP contribution in [0.15, 0.2) is 24.3 Å². The van der Waals surface area contributed by atoms with Gasteiger partial charge in [-0.05, 0) is 37.1 Å². The number of carbonyl (C=O) groups excluding carboxylic acids is 2. The zero-order valence-corrected chi connectivity index (χ0v) is 12.8. The van der Waals surface area contributed by atoms with Gasteiger partial charge in [-0.3, -0.25) is 4.79 Å². The highest BCUT2D eigenvalue weighted by Gasteiger charge is 2.28. The van der Waals surface area contributed by atoms with Crippen molar-refractivity contribution in [3.63, 3.8) is 0 Å². The zero-order chi connectivity index (χ0) is 15.9. The predicted molar refractivity (Wildman–Crippen MR) is 83.2 cm³/mol. The van der Waals surface area contributed by atoms with Crippen LogP contribution in [0, 0.1) is 17.8 Å². The highest BCUT2D eigenvalue weighted by atomic mass is 35.5. The van der Waals surface area contributed by atoms with Gasteiger partial charge in [0.1, 0.15) is 0 Å². The van der Waals surface area contributed by atoms with Crippen LogP contribution < -0.4 is 5.73 Å². The minimum Gasteiger partial charge on any atom is -0.452 e. The summed E-state index contributed by atoms with van der Waals surface area (Å²) < 4.78 is 5.14. The summed E-state index contributed by atoms with van der Waals surface area (Å²) in [5, 5.41) is 0.647. The van der Waals surface area contributed by atoms with Crippen LogP contribution in [0.3, 0.4) is 0 Å². The number of carbonyl (C=O) groups is 2. The molecule has 2 N–H and O–H groups in total. The Morgan fingerprint density at radius 3 is 2.77 bits per heavy atom. The number of hydrogen-bond acceptors (Lipinski definition) is 3. The number of halogens is 1. The van der Waals surface area contributed by atoms with Gasteiger partial charge < -0.3 is 15.4 Å². The van der Waals surface area contributed by atoms with Crippen molar-refractivity contribution in [2.75, 3.05) is 19.7 Å². The summed E-state index contributed by atoms with van der Waals surface area (Å²) in [5.74, 6) is 5.01. The van der Waals surface area contributed by atoms with Crippen LogP contribution in [0.2, 0.25) is 5.02 Å². The molecule has 116 valence electrons. The number of urea groups is 1. The molecule has 0 bridgehead atoms. The Balaban J connectivity index is 1.80. The maximum atomic E-state index is 11.9. The summed E-state index contributed by atoms with van der Waals surface area (Å²) >= 11 is 5.78. The molecule has 22 heavy (non-hydrogen) atoms. The summed E-state index contributed by atoms with van der Waals surface area (Å²) in [7, 11) is 0. The summed E-state index contributed by atoms with van der Waals surface area (Å²) in [6.07, 6.45) is 1.45. The van der Waals surface area contributed by atoms with Crippen molar-refractivity contribution in [1.29, 1.82) is 0 Å². The van der Waals surface area contributed by atoms with Gasteiger partial charge in [-0.2, -0.15) is 0 Å². The van der Waals surface area contributed by atoms with Gasteiger partial charge in [0.05, 0.1) is 5.92 Å². The lowest BCUT2D eigenvalue weighted by molar-refractivity contribution is -0.148. The normalized spacial score (nSPS) is 17.3. The fraction of sp³-hybridized carbons (Fsp3) is 0.375. The first-order valence-corrected chi connectivity index (χ1v) is 7.39. The Morgan fingerprint density at radius 2 is 2.09 bits per heavy atom. The number of nitrogens with zero attached hydrogens (tertiary/aromatic N) is 1. The Kier molecular flexibility index (Phi) is 5.68. The number of amides is 2. The minimum atomic E-state index is -0.500. The molecule has 0 aliphatic carbocycles. The second-order valence-corrected chi connectivity index (χ2v) is 5.48. The Hall–Kier alpha value is -2.19. The molecular weight excluding hydrogens is 304 g/mol. The topological polar surface area (TPSA) is 72.6 Å². The van der Waals surface area contributed by atoms with Gasteiger partial charge in [0.2, 0.25) is 0 Å². The molecule has 2 amide bonds. The molecule has 1 aromatic rings. The third kappa shape index (κ3) is 4.68. The molecule has 0 aromatic heterocycles. The molecular formula is C16H17ClN2O3. The Labute approximate surface area is 134 Å². The van der Waals surface area contributed by atoms with Crippen molar-refractivity contribution in [2.45, 2.75) is 12.8 Å². The number of likely N-dealkylation sites (tertiary alicyclic amines) is 1. The molecule has 1 atom stereocenters. The predicted octanol–water partition coefficient (Wildman–Crippen LogP) is 2.03. The number of rotatable bonds is 2. The van der Waals surface area contributed by atoms with Crippen LogP contribution in [0.25, 0.3) is 0 Å². The second kappa shape index (κ2) is 7.71. The first-order chi connectivity index (χ1) is 10.6. The highest BCUT2D eigenvalue weighted by molar-refractivity contribution is 6.30. The Morgan fingerprint density at radius 1 is 1.36 bits per heavy atom. The fourth-order valence-corrected chi connectivity index (χ4v) is 2.39. The van der Waals surface area contributed by atoms with Crippen LogP contribution in [0.1, 0.15) is 18.4 Å². The third-order valence-corrected chi connectivity index (χ3v) is 3.68. The first kappa shape index (κ1) is 16.2. The van der Waals surface area contributed by atoms with Crippen molar-refractivity contribution in [2.24, 2.45) is 11.7 Å². The second-order valence-electron chi connectivity index (χ2n) is 5.04. The summed E-state index contributed by atoms with van der Waals surface area (Å²) in [6, 6.07) is 6.59. The number of benzene rings is 1. The van der Waals surface area contributed by atoms with Crippen molar-refractivity contribution in [1.82, 2.24) is 4.90 Å². The quantitative estimate of drug-likeness (QED) is 0.669. The van der Waals surface area contributed by atoms with Crippen LogP contribution in [-0.4, -0.2) is 36.6 Å². The smallest absolute Gasteiger partial charge is 0.314 e. The van der Waals surface area contributed by atoms with E-state index in [4.69, 9.17) is 22.1 Å². The molecule has 0 saturated carbocycles. The standard InChI is InChI=1S/C16H17ClN2O3/c17-14-7-5-12(6-8-14)3-2-10-22-15(20)13-4-1-9-19(11-13)16(18)21/h5-8,13H,1,4,9-11H2,(H2,18,21). The van der Waals surface area contributed by atoms with Gasteiger partial charge in [0.15, 0.2) is 6.61 Å². The molecule has 1 aromatic carbocycles. The van der Waals surface area contributed by atoms with Crippen molar-refractivity contribution in [3.05, 3.63) is 34.9 Å². The van der Waals surface area contributed by atoms with Gasteiger partial charge in [-0.15, -0.1) is 0 Å². The van der Waals surface area contributed by atoms with Gasteiger partial charge in [0.25, 0.3) is 0 Å². The minimum absolute atomic E-state index is 0.0224. The largest absolute Gasteiger partial charge is 0.452 e. The molecule has 5 nitrogen and oxygen atoms in total. The Bertz CT molecular complexity index is 604. The summed E-state index contributed by atoms with van der Waals surface area (Å²) in [6.45, 7) is 0.933. The van der Waals surface area contributed by atoms with Crippen molar-refractivity contribution in [3.8, 4) is 11.8 Å². The lowest BCUT2D eigenvalue weighted by Gasteiger charge is -2.29. The number of ether oxygens (including phenoxy) is 1. The third-order valence-electron chi connectivity index (χ3n) is 3.43. The molecule has 6 heteroatoms. The van der Waals surface area contributed by atoms with E-state index in [0.29, 0.717) is 24.5 Å². The van der Waals surface area contributed by atoms with Crippen molar-refractivity contribution >= 4 is 23.6 Å². The number of piperidine rings is 1. The molecule has 1 aliphatic rings. The zero-order valence-electron chi connectivity index (χ0n) is 12.0. The first-order valence-electron chi connectivity index (χ1n) is 7.01. The SMILES string of the molecule is NC(=O)N1CCCC(C(=O)OCC#Cc2ccc(Cl)cc2)C1. The number of esters is 1.